The molecule has 21 heavy (non-hydrogen) atoms. The molecule has 2 N–H and O–H groups in total. The van der Waals surface area contributed by atoms with Crippen LogP contribution < -0.4 is 10.1 Å². The van der Waals surface area contributed by atoms with Gasteiger partial charge < -0.3 is 10.1 Å². The van der Waals surface area contributed by atoms with Crippen molar-refractivity contribution < 1.29 is 4.74 Å². The lowest BCUT2D eigenvalue weighted by molar-refractivity contribution is 0.465. The monoisotopic (exact) mass is 347 g/mol. The third-order valence-corrected chi connectivity index (χ3v) is 3.45. The smallest absolute Gasteiger partial charge is 0.235 e. The van der Waals surface area contributed by atoms with Crippen LogP contribution in [0.5, 0.6) is 11.6 Å². The highest BCUT2D eigenvalue weighted by molar-refractivity contribution is 9.10. The lowest BCUT2D eigenvalue weighted by Gasteiger charge is -2.10. The summed E-state index contributed by atoms with van der Waals surface area (Å²) in [4.78, 5) is 8.74. The molecule has 0 bridgehead atoms. The lowest BCUT2D eigenvalue weighted by Crippen LogP contribution is -2.03. The largest absolute Gasteiger partial charge is 0.438 e. The molecule has 0 aliphatic heterocycles. The average molecular weight is 348 g/mol. The van der Waals surface area contributed by atoms with Crippen LogP contribution in [-0.2, 0) is 0 Å². The van der Waals surface area contributed by atoms with Crippen molar-refractivity contribution in [3.8, 4) is 11.6 Å². The topological polar surface area (TPSA) is 75.7 Å². The fraction of sp³-hybridized carbons (Fsp3) is 0.214. The number of aromatic amines is 1. The number of benzene rings is 1. The number of nitrogens with one attached hydrogen (secondary N) is 2. The van der Waals surface area contributed by atoms with Gasteiger partial charge in [-0.2, -0.15) is 15.1 Å². The number of aryl methyl sites for hydroxylation is 1. The number of hydrogen-bond acceptors (Lipinski definition) is 5. The first-order valence-electron chi connectivity index (χ1n) is 6.56. The summed E-state index contributed by atoms with van der Waals surface area (Å²) in [7, 11) is 0. The van der Waals surface area contributed by atoms with Crippen molar-refractivity contribution in [2.75, 3.05) is 11.9 Å². The first-order chi connectivity index (χ1) is 10.2. The van der Waals surface area contributed by atoms with E-state index in [9.17, 15) is 0 Å². The van der Waals surface area contributed by atoms with Crippen molar-refractivity contribution in [2.45, 2.75) is 13.8 Å². The van der Waals surface area contributed by atoms with Gasteiger partial charge in [-0.05, 0) is 37.6 Å². The minimum atomic E-state index is 0.482. The minimum Gasteiger partial charge on any atom is -0.438 e. The molecule has 2 heterocycles. The molecule has 6 nitrogen and oxygen atoms in total. The summed E-state index contributed by atoms with van der Waals surface area (Å²) in [6.07, 6.45) is 1.66. The van der Waals surface area contributed by atoms with E-state index in [-0.39, 0.29) is 0 Å². The molecule has 0 atom stereocenters. The molecular formula is C14H14BrN5O. The van der Waals surface area contributed by atoms with Crippen LogP contribution >= 0.6 is 15.9 Å². The van der Waals surface area contributed by atoms with Crippen molar-refractivity contribution in [2.24, 2.45) is 0 Å². The second-order valence-electron chi connectivity index (χ2n) is 4.53. The molecule has 3 aromatic rings. The van der Waals surface area contributed by atoms with Crippen LogP contribution in [0.2, 0.25) is 0 Å². The predicted octanol–water partition coefficient (Wildman–Crippen LogP) is 3.65. The van der Waals surface area contributed by atoms with Crippen molar-refractivity contribution in [3.05, 3.63) is 34.4 Å². The number of nitrogens with zero attached hydrogens (tertiary/aromatic N) is 3. The van der Waals surface area contributed by atoms with Gasteiger partial charge in [-0.3, -0.25) is 5.10 Å². The number of fused-ring (bicyclic) bond motifs is 1. The summed E-state index contributed by atoms with van der Waals surface area (Å²) in [5.41, 5.74) is 1.66. The van der Waals surface area contributed by atoms with Crippen LogP contribution in [0.15, 0.2) is 28.9 Å². The highest BCUT2D eigenvalue weighted by Gasteiger charge is 2.12. The summed E-state index contributed by atoms with van der Waals surface area (Å²) in [6.45, 7) is 4.70. The van der Waals surface area contributed by atoms with E-state index >= 15 is 0 Å². The predicted molar refractivity (Wildman–Crippen MR) is 84.8 cm³/mol. The highest BCUT2D eigenvalue weighted by Crippen LogP contribution is 2.30. The van der Waals surface area contributed by atoms with Crippen molar-refractivity contribution >= 4 is 32.9 Å². The Hall–Kier alpha value is -2.15. The van der Waals surface area contributed by atoms with Crippen LogP contribution in [0, 0.1) is 6.92 Å². The van der Waals surface area contributed by atoms with Gasteiger partial charge in [0.1, 0.15) is 11.1 Å². The number of hydrogen-bond donors (Lipinski definition) is 2. The number of ether oxygens (including phenoxy) is 1. The van der Waals surface area contributed by atoms with Crippen LogP contribution in [0.1, 0.15) is 12.5 Å². The molecule has 7 heteroatoms. The van der Waals surface area contributed by atoms with E-state index in [0.29, 0.717) is 17.5 Å². The molecule has 0 saturated carbocycles. The van der Waals surface area contributed by atoms with E-state index in [1.807, 2.05) is 32.0 Å². The molecule has 0 saturated heterocycles. The van der Waals surface area contributed by atoms with Crippen molar-refractivity contribution in [1.82, 2.24) is 20.2 Å². The summed E-state index contributed by atoms with van der Waals surface area (Å²) in [6, 6.07) is 5.83. The van der Waals surface area contributed by atoms with Crippen LogP contribution in [0.4, 0.5) is 5.95 Å². The zero-order valence-electron chi connectivity index (χ0n) is 11.6. The van der Waals surface area contributed by atoms with Gasteiger partial charge in [0.2, 0.25) is 11.8 Å². The second kappa shape index (κ2) is 5.69. The van der Waals surface area contributed by atoms with Gasteiger partial charge in [-0.1, -0.05) is 15.9 Å². The zero-order chi connectivity index (χ0) is 14.8. The number of H-pyrrole nitrogens is 1. The molecule has 2 aromatic heterocycles. The molecule has 0 spiro atoms. The minimum absolute atomic E-state index is 0.482. The molecule has 0 unspecified atom stereocenters. The second-order valence-corrected chi connectivity index (χ2v) is 5.44. The molecule has 0 aliphatic carbocycles. The fourth-order valence-electron chi connectivity index (χ4n) is 1.95. The normalized spacial score (nSPS) is 10.8. The fourth-order valence-corrected chi connectivity index (χ4v) is 2.43. The first-order valence-corrected chi connectivity index (χ1v) is 7.35. The van der Waals surface area contributed by atoms with Gasteiger partial charge in [0.05, 0.1) is 6.20 Å². The molecule has 0 fully saturated rings. The average Bonchev–Trinajstić information content (AvgIpc) is 2.91. The molecule has 108 valence electrons. The van der Waals surface area contributed by atoms with E-state index in [0.717, 1.165) is 27.7 Å². The maximum Gasteiger partial charge on any atom is 0.235 e. The van der Waals surface area contributed by atoms with E-state index in [1.54, 1.807) is 6.20 Å². The highest BCUT2D eigenvalue weighted by atomic mass is 79.9. The summed E-state index contributed by atoms with van der Waals surface area (Å²) >= 11 is 3.44. The Labute approximate surface area is 130 Å². The molecular weight excluding hydrogens is 334 g/mol. The van der Waals surface area contributed by atoms with Crippen LogP contribution in [0.3, 0.4) is 0 Å². The molecule has 0 radical (unpaired) electrons. The van der Waals surface area contributed by atoms with Gasteiger partial charge >= 0.3 is 0 Å². The molecule has 0 amide bonds. The van der Waals surface area contributed by atoms with Gasteiger partial charge in [0.15, 0.2) is 5.65 Å². The Morgan fingerprint density at radius 3 is 2.95 bits per heavy atom. The molecule has 0 aliphatic rings. The number of anilines is 1. The van der Waals surface area contributed by atoms with Gasteiger partial charge in [-0.25, -0.2) is 0 Å². The standard InChI is InChI=1S/C14H14BrN5O/c1-3-16-14-18-12-10(7-17-20-12)13(19-14)21-11-5-4-9(15)6-8(11)2/h4-7H,3H2,1-2H3,(H2,16,17,18,19,20). The Morgan fingerprint density at radius 1 is 1.33 bits per heavy atom. The Bertz CT molecular complexity index is 786. The molecule has 1 aromatic carbocycles. The number of halogens is 1. The van der Waals surface area contributed by atoms with E-state index < -0.39 is 0 Å². The summed E-state index contributed by atoms with van der Waals surface area (Å²) < 4.78 is 6.96. The van der Waals surface area contributed by atoms with Crippen LogP contribution in [0.25, 0.3) is 11.0 Å². The third-order valence-electron chi connectivity index (χ3n) is 2.95. The Morgan fingerprint density at radius 2 is 2.19 bits per heavy atom. The van der Waals surface area contributed by atoms with Crippen LogP contribution in [-0.4, -0.2) is 26.7 Å². The third kappa shape index (κ3) is 2.82. The maximum atomic E-state index is 5.95. The summed E-state index contributed by atoms with van der Waals surface area (Å²) in [5.74, 6) is 1.75. The Kier molecular flexibility index (Phi) is 3.74. The first kappa shape index (κ1) is 13.8. The van der Waals surface area contributed by atoms with Gasteiger partial charge in [0, 0.05) is 11.0 Å². The van der Waals surface area contributed by atoms with Crippen molar-refractivity contribution in [1.29, 1.82) is 0 Å². The van der Waals surface area contributed by atoms with Gasteiger partial charge in [-0.15, -0.1) is 0 Å². The SMILES string of the molecule is CCNc1nc(Oc2ccc(Br)cc2C)c2cn[nH]c2n1. The lowest BCUT2D eigenvalue weighted by atomic mass is 10.2. The van der Waals surface area contributed by atoms with E-state index in [4.69, 9.17) is 4.74 Å². The molecule has 3 rings (SSSR count). The van der Waals surface area contributed by atoms with Crippen molar-refractivity contribution in [3.63, 3.8) is 0 Å². The summed E-state index contributed by atoms with van der Waals surface area (Å²) in [5, 5.41) is 10.7. The quantitative estimate of drug-likeness (QED) is 0.753. The zero-order valence-corrected chi connectivity index (χ0v) is 13.2. The van der Waals surface area contributed by atoms with E-state index in [1.165, 1.54) is 0 Å². The Balaban J connectivity index is 2.04. The maximum absolute atomic E-state index is 5.95. The van der Waals surface area contributed by atoms with Gasteiger partial charge in [0.25, 0.3) is 0 Å². The number of aromatic nitrogens is 4. The van der Waals surface area contributed by atoms with E-state index in [2.05, 4.69) is 41.4 Å². The number of rotatable bonds is 4.